The molecule has 0 amide bonds. The van der Waals surface area contributed by atoms with Crippen LogP contribution in [0.15, 0.2) is 58.3 Å². The van der Waals surface area contributed by atoms with Crippen LogP contribution in [0.2, 0.25) is 5.02 Å². The molecule has 0 atom stereocenters. The molecule has 19 heavy (non-hydrogen) atoms. The lowest BCUT2D eigenvalue weighted by molar-refractivity contribution is 0.108. The van der Waals surface area contributed by atoms with Gasteiger partial charge in [-0.1, -0.05) is 23.7 Å². The third kappa shape index (κ3) is 2.81. The van der Waals surface area contributed by atoms with Gasteiger partial charge in [0.2, 0.25) is 9.84 Å². The van der Waals surface area contributed by atoms with E-state index in [-0.39, 0.29) is 20.4 Å². The summed E-state index contributed by atoms with van der Waals surface area (Å²) in [6.45, 7) is 0. The summed E-state index contributed by atoms with van der Waals surface area (Å²) in [6, 6.07) is 11.6. The number of rotatable bonds is 3. The van der Waals surface area contributed by atoms with E-state index in [0.29, 0.717) is 0 Å². The monoisotopic (exact) mass is 314 g/mol. The van der Waals surface area contributed by atoms with Gasteiger partial charge in [0, 0.05) is 5.56 Å². The van der Waals surface area contributed by atoms with Gasteiger partial charge in [-0.3, -0.25) is 4.79 Å². The Morgan fingerprint density at radius 1 is 0.947 bits per heavy atom. The Morgan fingerprint density at radius 3 is 2.05 bits per heavy atom. The highest BCUT2D eigenvalue weighted by Gasteiger charge is 2.20. The van der Waals surface area contributed by atoms with Crippen LogP contribution < -0.4 is 0 Å². The largest absolute Gasteiger partial charge is 0.276 e. The number of halogens is 2. The number of sulfone groups is 1. The Balaban J connectivity index is 2.52. The fourth-order valence-electron chi connectivity index (χ4n) is 1.55. The second-order valence-corrected chi connectivity index (χ2v) is 6.40. The summed E-state index contributed by atoms with van der Waals surface area (Å²) in [6.07, 6.45) is 0. The molecule has 0 bridgehead atoms. The van der Waals surface area contributed by atoms with E-state index < -0.39 is 15.1 Å². The molecular formula is C13H8Cl2O3S. The van der Waals surface area contributed by atoms with Crippen LogP contribution in [0.3, 0.4) is 0 Å². The molecule has 0 saturated heterocycles. The van der Waals surface area contributed by atoms with E-state index in [2.05, 4.69) is 0 Å². The van der Waals surface area contributed by atoms with Crippen molar-refractivity contribution >= 4 is 38.3 Å². The minimum absolute atomic E-state index is 0.0293. The molecule has 2 aromatic rings. The van der Waals surface area contributed by atoms with Crippen LogP contribution in [0, 0.1) is 0 Å². The Hall–Kier alpha value is -1.36. The van der Waals surface area contributed by atoms with E-state index in [4.69, 9.17) is 23.2 Å². The zero-order chi connectivity index (χ0) is 14.0. The first-order valence-electron chi connectivity index (χ1n) is 5.22. The summed E-state index contributed by atoms with van der Waals surface area (Å²) in [5.74, 6) is 0. The van der Waals surface area contributed by atoms with Gasteiger partial charge in [-0.25, -0.2) is 8.42 Å². The SMILES string of the molecule is O=C(Cl)c1ccc(S(=O)(=O)c2ccccc2Cl)cc1. The lowest BCUT2D eigenvalue weighted by Gasteiger charge is -2.06. The maximum Gasteiger partial charge on any atom is 0.252 e. The van der Waals surface area contributed by atoms with Gasteiger partial charge in [-0.05, 0) is 48.0 Å². The first-order chi connectivity index (χ1) is 8.93. The molecule has 0 saturated carbocycles. The molecule has 6 heteroatoms. The second kappa shape index (κ2) is 5.33. The first-order valence-corrected chi connectivity index (χ1v) is 7.46. The normalized spacial score (nSPS) is 11.3. The van der Waals surface area contributed by atoms with Crippen LogP contribution in [0.25, 0.3) is 0 Å². The van der Waals surface area contributed by atoms with E-state index >= 15 is 0 Å². The molecule has 0 aliphatic rings. The molecule has 0 aliphatic heterocycles. The minimum Gasteiger partial charge on any atom is -0.276 e. The summed E-state index contributed by atoms with van der Waals surface area (Å²) >= 11 is 11.2. The number of hydrogen-bond donors (Lipinski definition) is 0. The molecule has 2 rings (SSSR count). The van der Waals surface area contributed by atoms with E-state index in [0.717, 1.165) is 0 Å². The van der Waals surface area contributed by atoms with Crippen molar-refractivity contribution < 1.29 is 13.2 Å². The summed E-state index contributed by atoms with van der Waals surface area (Å²) in [4.78, 5) is 11.0. The Morgan fingerprint density at radius 2 is 1.53 bits per heavy atom. The first kappa shape index (κ1) is 14.1. The predicted molar refractivity (Wildman–Crippen MR) is 73.5 cm³/mol. The third-order valence-corrected chi connectivity index (χ3v) is 5.01. The molecule has 0 N–H and O–H groups in total. The third-order valence-electron chi connectivity index (χ3n) is 2.52. The number of carbonyl (C=O) groups is 1. The van der Waals surface area contributed by atoms with Gasteiger partial charge >= 0.3 is 0 Å². The predicted octanol–water partition coefficient (Wildman–Crippen LogP) is 3.55. The van der Waals surface area contributed by atoms with Gasteiger partial charge in [-0.15, -0.1) is 0 Å². The lowest BCUT2D eigenvalue weighted by Crippen LogP contribution is -2.03. The standard InChI is InChI=1S/C13H8Cl2O3S/c14-11-3-1-2-4-12(11)19(17,18)10-7-5-9(6-8-10)13(15)16/h1-8H. The van der Waals surface area contributed by atoms with Crippen LogP contribution in [-0.4, -0.2) is 13.7 Å². The number of hydrogen-bond acceptors (Lipinski definition) is 3. The highest BCUT2D eigenvalue weighted by molar-refractivity contribution is 7.91. The van der Waals surface area contributed by atoms with E-state index in [1.54, 1.807) is 12.1 Å². The Bertz CT molecular complexity index is 722. The summed E-state index contributed by atoms with van der Waals surface area (Å²) < 4.78 is 24.7. The van der Waals surface area contributed by atoms with E-state index in [9.17, 15) is 13.2 Å². The maximum atomic E-state index is 12.3. The summed E-state index contributed by atoms with van der Waals surface area (Å²) in [7, 11) is -3.70. The van der Waals surface area contributed by atoms with Gasteiger partial charge < -0.3 is 0 Å². The summed E-state index contributed by atoms with van der Waals surface area (Å²) in [5, 5.41) is -0.485. The van der Waals surface area contributed by atoms with Crippen molar-refractivity contribution in [1.82, 2.24) is 0 Å². The molecule has 3 nitrogen and oxygen atoms in total. The molecule has 0 fully saturated rings. The van der Waals surface area contributed by atoms with Crippen LogP contribution in [0.4, 0.5) is 0 Å². The zero-order valence-electron chi connectivity index (χ0n) is 9.51. The lowest BCUT2D eigenvalue weighted by atomic mass is 10.2. The van der Waals surface area contributed by atoms with Crippen molar-refractivity contribution in [3.63, 3.8) is 0 Å². The quantitative estimate of drug-likeness (QED) is 0.814. The summed E-state index contributed by atoms with van der Waals surface area (Å²) in [5.41, 5.74) is 0.236. The Labute approximate surface area is 120 Å². The van der Waals surface area contributed by atoms with Gasteiger partial charge in [-0.2, -0.15) is 0 Å². The van der Waals surface area contributed by atoms with Crippen molar-refractivity contribution in [2.75, 3.05) is 0 Å². The minimum atomic E-state index is -3.70. The van der Waals surface area contributed by atoms with Crippen molar-refractivity contribution in [2.45, 2.75) is 9.79 Å². The molecule has 0 aliphatic carbocycles. The van der Waals surface area contributed by atoms with Crippen LogP contribution in [0.5, 0.6) is 0 Å². The van der Waals surface area contributed by atoms with Crippen molar-refractivity contribution in [2.24, 2.45) is 0 Å². The molecule has 2 aromatic carbocycles. The maximum absolute atomic E-state index is 12.3. The topological polar surface area (TPSA) is 51.2 Å². The smallest absolute Gasteiger partial charge is 0.252 e. The van der Waals surface area contributed by atoms with Crippen molar-refractivity contribution in [1.29, 1.82) is 0 Å². The average molecular weight is 315 g/mol. The second-order valence-electron chi connectivity index (χ2n) is 3.73. The fraction of sp³-hybridized carbons (Fsp3) is 0. The zero-order valence-corrected chi connectivity index (χ0v) is 11.8. The van der Waals surface area contributed by atoms with Gasteiger partial charge in [0.1, 0.15) is 0 Å². The highest BCUT2D eigenvalue weighted by Crippen LogP contribution is 2.27. The van der Waals surface area contributed by atoms with Gasteiger partial charge in [0.15, 0.2) is 0 Å². The van der Waals surface area contributed by atoms with Crippen molar-refractivity contribution in [3.8, 4) is 0 Å². The van der Waals surface area contributed by atoms with Crippen LogP contribution in [-0.2, 0) is 9.84 Å². The fourth-order valence-corrected chi connectivity index (χ4v) is 3.45. The van der Waals surface area contributed by atoms with Crippen LogP contribution in [0.1, 0.15) is 10.4 Å². The Kier molecular flexibility index (Phi) is 3.94. The van der Waals surface area contributed by atoms with Gasteiger partial charge in [0.05, 0.1) is 14.8 Å². The molecule has 0 heterocycles. The van der Waals surface area contributed by atoms with E-state index in [1.807, 2.05) is 0 Å². The van der Waals surface area contributed by atoms with Crippen molar-refractivity contribution in [3.05, 3.63) is 59.1 Å². The molecule has 0 aromatic heterocycles. The number of carbonyl (C=O) groups excluding carboxylic acids is 1. The van der Waals surface area contributed by atoms with Gasteiger partial charge in [0.25, 0.3) is 5.24 Å². The molecule has 98 valence electrons. The molecule has 0 radical (unpaired) electrons. The number of benzene rings is 2. The molecule has 0 spiro atoms. The highest BCUT2D eigenvalue weighted by atomic mass is 35.5. The molecular weight excluding hydrogens is 307 g/mol. The average Bonchev–Trinajstić information content (AvgIpc) is 2.39. The molecule has 0 unspecified atom stereocenters. The van der Waals surface area contributed by atoms with Crippen LogP contribution >= 0.6 is 23.2 Å². The van der Waals surface area contributed by atoms with E-state index in [1.165, 1.54) is 36.4 Å².